The quantitative estimate of drug-likeness (QED) is 0.835. The predicted molar refractivity (Wildman–Crippen MR) is 53.9 cm³/mol. The lowest BCUT2D eigenvalue weighted by molar-refractivity contribution is -0.170. The van der Waals surface area contributed by atoms with Crippen LogP contribution < -0.4 is 5.32 Å². The van der Waals surface area contributed by atoms with E-state index >= 15 is 0 Å². The Bertz CT molecular complexity index is 418. The number of halogens is 5. The first kappa shape index (κ1) is 14.4. The van der Waals surface area contributed by atoms with Crippen LogP contribution >= 0.6 is 0 Å². The van der Waals surface area contributed by atoms with Gasteiger partial charge in [-0.1, -0.05) is 12.1 Å². The normalized spacial score (nSPS) is 13.5. The number of amides is 1. The molecule has 1 amide bonds. The lowest BCUT2D eigenvalue weighted by atomic mass is 10.1. The van der Waals surface area contributed by atoms with E-state index in [-0.39, 0.29) is 0 Å². The summed E-state index contributed by atoms with van der Waals surface area (Å²) in [6.07, 6.45) is -4.07. The van der Waals surface area contributed by atoms with Crippen molar-refractivity contribution in [1.29, 1.82) is 0 Å². The second-order valence-corrected chi connectivity index (χ2v) is 3.67. The Morgan fingerprint density at radius 3 is 2.17 bits per heavy atom. The topological polar surface area (TPSA) is 29.1 Å². The van der Waals surface area contributed by atoms with Gasteiger partial charge in [-0.05, 0) is 24.6 Å². The van der Waals surface area contributed by atoms with Gasteiger partial charge >= 0.3 is 12.3 Å². The Labute approximate surface area is 99.8 Å². The Hall–Kier alpha value is -1.66. The molecule has 0 fully saturated rings. The van der Waals surface area contributed by atoms with Crippen LogP contribution in [-0.4, -0.2) is 18.3 Å². The minimum Gasteiger partial charge on any atom is -0.344 e. The molecule has 0 unspecified atom stereocenters. The zero-order valence-corrected chi connectivity index (χ0v) is 9.26. The molecular formula is C11H10F5NO. The average Bonchev–Trinajstić information content (AvgIpc) is 2.29. The first-order valence-corrected chi connectivity index (χ1v) is 4.97. The second-order valence-electron chi connectivity index (χ2n) is 3.67. The summed E-state index contributed by atoms with van der Waals surface area (Å²) in [4.78, 5) is 10.9. The summed E-state index contributed by atoms with van der Waals surface area (Å²) in [6, 6.07) is 3.75. The molecule has 18 heavy (non-hydrogen) atoms. The van der Waals surface area contributed by atoms with Gasteiger partial charge in [-0.25, -0.2) is 13.2 Å². The van der Waals surface area contributed by atoms with E-state index in [2.05, 4.69) is 0 Å². The molecule has 0 saturated carbocycles. The van der Waals surface area contributed by atoms with Crippen LogP contribution in [0.1, 0.15) is 18.5 Å². The van der Waals surface area contributed by atoms with Crippen LogP contribution in [0.4, 0.5) is 22.0 Å². The van der Waals surface area contributed by atoms with Gasteiger partial charge < -0.3 is 5.32 Å². The highest BCUT2D eigenvalue weighted by molar-refractivity contribution is 5.84. The van der Waals surface area contributed by atoms with Gasteiger partial charge in [-0.2, -0.15) is 8.78 Å². The molecule has 1 aromatic rings. The molecule has 100 valence electrons. The molecule has 0 spiro atoms. The number of hydrogen-bond acceptors (Lipinski definition) is 1. The number of carbonyl (C=O) groups excluding carboxylic acids is 1. The molecule has 1 rings (SSSR count). The molecule has 1 aromatic carbocycles. The molecule has 0 heterocycles. The van der Waals surface area contributed by atoms with Gasteiger partial charge in [0, 0.05) is 0 Å². The van der Waals surface area contributed by atoms with E-state index in [9.17, 15) is 26.7 Å². The fourth-order valence-corrected chi connectivity index (χ4v) is 1.23. The SMILES string of the molecule is C[C@@H](NC(=O)C(F)(F)C(F)F)c1ccc(F)cc1. The van der Waals surface area contributed by atoms with E-state index in [0.29, 0.717) is 5.56 Å². The maximum atomic E-state index is 12.7. The largest absolute Gasteiger partial charge is 0.383 e. The van der Waals surface area contributed by atoms with Gasteiger partial charge in [-0.3, -0.25) is 4.79 Å². The van der Waals surface area contributed by atoms with E-state index in [0.717, 1.165) is 12.1 Å². The molecule has 0 aromatic heterocycles. The van der Waals surface area contributed by atoms with Crippen molar-refractivity contribution in [3.63, 3.8) is 0 Å². The van der Waals surface area contributed by atoms with Gasteiger partial charge in [0.15, 0.2) is 0 Å². The molecule has 0 bridgehead atoms. The average molecular weight is 267 g/mol. The molecule has 7 heteroatoms. The van der Waals surface area contributed by atoms with E-state index in [1.807, 2.05) is 0 Å². The monoisotopic (exact) mass is 267 g/mol. The number of carbonyl (C=O) groups is 1. The lowest BCUT2D eigenvalue weighted by Gasteiger charge is -2.19. The summed E-state index contributed by atoms with van der Waals surface area (Å²) in [6.45, 7) is 1.33. The highest BCUT2D eigenvalue weighted by Gasteiger charge is 2.49. The minimum atomic E-state index is -4.74. The third kappa shape index (κ3) is 3.18. The highest BCUT2D eigenvalue weighted by atomic mass is 19.3. The van der Waals surface area contributed by atoms with Crippen molar-refractivity contribution < 1.29 is 26.7 Å². The summed E-state index contributed by atoms with van der Waals surface area (Å²) >= 11 is 0. The standard InChI is InChI=1S/C11H10F5NO/c1-6(7-2-4-8(12)5-3-7)17-10(18)11(15,16)9(13)14/h2-6,9H,1H3,(H,17,18)/t6-/m1/s1. The smallest absolute Gasteiger partial charge is 0.344 e. The number of benzene rings is 1. The maximum absolute atomic E-state index is 12.7. The van der Waals surface area contributed by atoms with Crippen molar-refractivity contribution in [3.05, 3.63) is 35.6 Å². The molecule has 1 atom stereocenters. The van der Waals surface area contributed by atoms with Crippen molar-refractivity contribution in [2.24, 2.45) is 0 Å². The molecule has 0 aliphatic rings. The second kappa shape index (κ2) is 5.32. The van der Waals surface area contributed by atoms with Crippen molar-refractivity contribution in [2.75, 3.05) is 0 Å². The molecule has 0 aliphatic carbocycles. The number of alkyl halides is 4. The lowest BCUT2D eigenvalue weighted by Crippen LogP contribution is -2.45. The van der Waals surface area contributed by atoms with Gasteiger partial charge in [0.25, 0.3) is 5.91 Å². The van der Waals surface area contributed by atoms with Crippen molar-refractivity contribution in [3.8, 4) is 0 Å². The Balaban J connectivity index is 2.73. The summed E-state index contributed by atoms with van der Waals surface area (Å²) in [5.41, 5.74) is 0.329. The van der Waals surface area contributed by atoms with Crippen LogP contribution in [0.25, 0.3) is 0 Å². The van der Waals surface area contributed by atoms with Crippen molar-refractivity contribution in [1.82, 2.24) is 5.32 Å². The van der Waals surface area contributed by atoms with Crippen molar-refractivity contribution >= 4 is 5.91 Å². The van der Waals surface area contributed by atoms with E-state index in [4.69, 9.17) is 0 Å². The van der Waals surface area contributed by atoms with Crippen LogP contribution in [0.2, 0.25) is 0 Å². The summed E-state index contributed by atoms with van der Waals surface area (Å²) in [5, 5.41) is 1.75. The van der Waals surface area contributed by atoms with Gasteiger partial charge in [0.05, 0.1) is 6.04 Å². The fourth-order valence-electron chi connectivity index (χ4n) is 1.23. The predicted octanol–water partition coefficient (Wildman–Crippen LogP) is 2.90. The van der Waals surface area contributed by atoms with Gasteiger partial charge in [0.1, 0.15) is 5.82 Å². The van der Waals surface area contributed by atoms with Crippen molar-refractivity contribution in [2.45, 2.75) is 25.3 Å². The molecule has 2 nitrogen and oxygen atoms in total. The van der Waals surface area contributed by atoms with Crippen LogP contribution in [0, 0.1) is 5.82 Å². The molecular weight excluding hydrogens is 257 g/mol. The minimum absolute atomic E-state index is 0.329. The van der Waals surface area contributed by atoms with Gasteiger partial charge in [0.2, 0.25) is 0 Å². The zero-order valence-electron chi connectivity index (χ0n) is 9.26. The third-order valence-corrected chi connectivity index (χ3v) is 2.29. The first-order valence-electron chi connectivity index (χ1n) is 4.97. The van der Waals surface area contributed by atoms with Crippen LogP contribution in [0.5, 0.6) is 0 Å². The molecule has 0 saturated heterocycles. The van der Waals surface area contributed by atoms with Crippen LogP contribution in [0.3, 0.4) is 0 Å². The Morgan fingerprint density at radius 2 is 1.72 bits per heavy atom. The maximum Gasteiger partial charge on any atom is 0.383 e. The van der Waals surface area contributed by atoms with E-state index < -0.39 is 30.1 Å². The molecule has 0 aliphatic heterocycles. The Morgan fingerprint density at radius 1 is 1.22 bits per heavy atom. The highest BCUT2D eigenvalue weighted by Crippen LogP contribution is 2.24. The molecule has 0 radical (unpaired) electrons. The van der Waals surface area contributed by atoms with Crippen LogP contribution in [0.15, 0.2) is 24.3 Å². The fraction of sp³-hybridized carbons (Fsp3) is 0.364. The summed E-state index contributed by atoms with van der Waals surface area (Å²) < 4.78 is 61.7. The number of rotatable bonds is 4. The third-order valence-electron chi connectivity index (χ3n) is 2.29. The Kier molecular flexibility index (Phi) is 4.26. The summed E-state index contributed by atoms with van der Waals surface area (Å²) in [5.74, 6) is -7.33. The number of nitrogens with one attached hydrogen (secondary N) is 1. The zero-order chi connectivity index (χ0) is 13.9. The number of hydrogen-bond donors (Lipinski definition) is 1. The molecule has 1 N–H and O–H groups in total. The van der Waals surface area contributed by atoms with Crippen LogP contribution in [-0.2, 0) is 4.79 Å². The van der Waals surface area contributed by atoms with Gasteiger partial charge in [-0.15, -0.1) is 0 Å². The summed E-state index contributed by atoms with van der Waals surface area (Å²) in [7, 11) is 0. The first-order chi connectivity index (χ1) is 8.25. The van der Waals surface area contributed by atoms with E-state index in [1.165, 1.54) is 19.1 Å². The van der Waals surface area contributed by atoms with E-state index in [1.54, 1.807) is 5.32 Å².